The highest BCUT2D eigenvalue weighted by atomic mass is 16.6. The van der Waals surface area contributed by atoms with Gasteiger partial charge in [-0.3, -0.25) is 9.59 Å². The van der Waals surface area contributed by atoms with Crippen LogP contribution in [0.4, 0.5) is 4.79 Å². The zero-order chi connectivity index (χ0) is 31.9. The van der Waals surface area contributed by atoms with Crippen molar-refractivity contribution in [1.29, 1.82) is 0 Å². The van der Waals surface area contributed by atoms with Crippen LogP contribution in [0.1, 0.15) is 89.1 Å². The Bertz CT molecular complexity index is 1270. The van der Waals surface area contributed by atoms with Crippen LogP contribution < -0.4 is 10.6 Å². The highest BCUT2D eigenvalue weighted by Crippen LogP contribution is 2.34. The molecular weight excluding hydrogens is 546 g/mol. The van der Waals surface area contributed by atoms with Gasteiger partial charge in [0.1, 0.15) is 29.8 Å². The fourth-order valence-electron chi connectivity index (χ4n) is 5.05. The monoisotopic (exact) mass is 593 g/mol. The maximum absolute atomic E-state index is 14.3. The van der Waals surface area contributed by atoms with E-state index in [1.807, 2.05) is 62.4 Å². The minimum absolute atomic E-state index is 0.196. The molecule has 0 heterocycles. The second kappa shape index (κ2) is 14.1. The van der Waals surface area contributed by atoms with Crippen LogP contribution in [0.5, 0.6) is 0 Å². The van der Waals surface area contributed by atoms with Gasteiger partial charge in [0.2, 0.25) is 11.8 Å². The number of rotatable bonds is 10. The quantitative estimate of drug-likeness (QED) is 0.361. The predicted octanol–water partition coefficient (Wildman–Crippen LogP) is 5.32. The first kappa shape index (κ1) is 33.6. The van der Waals surface area contributed by atoms with Gasteiger partial charge < -0.3 is 25.0 Å². The van der Waals surface area contributed by atoms with Crippen molar-refractivity contribution >= 4 is 23.9 Å². The topological polar surface area (TPSA) is 114 Å². The van der Waals surface area contributed by atoms with Crippen molar-refractivity contribution in [2.24, 2.45) is 0 Å². The third-order valence-corrected chi connectivity index (χ3v) is 6.92. The highest BCUT2D eigenvalue weighted by Gasteiger charge is 2.40. The average molecular weight is 594 g/mol. The van der Waals surface area contributed by atoms with Gasteiger partial charge in [0.25, 0.3) is 0 Å². The Morgan fingerprint density at radius 3 is 1.98 bits per heavy atom. The Hall–Kier alpha value is -3.88. The molecule has 0 radical (unpaired) electrons. The number of nitrogens with zero attached hydrogens (tertiary/aromatic N) is 1. The van der Waals surface area contributed by atoms with Crippen LogP contribution in [0.25, 0.3) is 0 Å². The molecule has 1 aliphatic carbocycles. The Balaban J connectivity index is 1.98. The summed E-state index contributed by atoms with van der Waals surface area (Å²) in [6, 6.07) is 13.0. The lowest BCUT2D eigenvalue weighted by atomic mass is 9.88. The third-order valence-electron chi connectivity index (χ3n) is 6.92. The van der Waals surface area contributed by atoms with E-state index in [1.54, 1.807) is 46.4 Å². The van der Waals surface area contributed by atoms with Gasteiger partial charge in [-0.1, -0.05) is 59.7 Å². The maximum Gasteiger partial charge on any atom is 0.408 e. The molecule has 1 fully saturated rings. The fourth-order valence-corrected chi connectivity index (χ4v) is 5.05. The maximum atomic E-state index is 14.3. The van der Waals surface area contributed by atoms with Crippen molar-refractivity contribution in [3.8, 4) is 0 Å². The van der Waals surface area contributed by atoms with E-state index >= 15 is 0 Å². The number of hydrogen-bond donors (Lipinski definition) is 2. The van der Waals surface area contributed by atoms with E-state index in [0.29, 0.717) is 5.56 Å². The molecule has 43 heavy (non-hydrogen) atoms. The lowest BCUT2D eigenvalue weighted by Gasteiger charge is -2.42. The molecule has 9 heteroatoms. The molecule has 0 spiro atoms. The number of nitrogens with one attached hydrogen (secondary N) is 2. The summed E-state index contributed by atoms with van der Waals surface area (Å²) in [6.45, 7) is 14.1. The first-order chi connectivity index (χ1) is 20.0. The number of hydrogen-bond acceptors (Lipinski definition) is 6. The Morgan fingerprint density at radius 1 is 0.884 bits per heavy atom. The summed E-state index contributed by atoms with van der Waals surface area (Å²) in [4.78, 5) is 55.5. The highest BCUT2D eigenvalue weighted by molar-refractivity contribution is 5.93. The van der Waals surface area contributed by atoms with Crippen LogP contribution in [-0.2, 0) is 30.3 Å². The molecule has 0 saturated heterocycles. The molecule has 2 aromatic carbocycles. The minimum Gasteiger partial charge on any atom is -0.458 e. The van der Waals surface area contributed by atoms with Crippen LogP contribution in [0.15, 0.2) is 48.5 Å². The number of benzene rings is 2. The molecule has 1 aliphatic rings. The summed E-state index contributed by atoms with van der Waals surface area (Å²) in [7, 11) is 0. The van der Waals surface area contributed by atoms with Crippen molar-refractivity contribution < 1.29 is 28.7 Å². The molecule has 0 aliphatic heterocycles. The summed E-state index contributed by atoms with van der Waals surface area (Å²) >= 11 is 0. The van der Waals surface area contributed by atoms with Crippen LogP contribution >= 0.6 is 0 Å². The SMILES string of the molecule is Cc1cc(C)cc(C(C(=O)NC(Cc2ccccc2)C(=O)OC(C)(C)C)N(C(=O)CNC(=O)OC(C)(C)C)C2CCC2)c1. The minimum atomic E-state index is -1.03. The first-order valence-corrected chi connectivity index (χ1v) is 15.0. The molecule has 0 aromatic heterocycles. The van der Waals surface area contributed by atoms with Crippen molar-refractivity contribution in [2.45, 2.75) is 110 Å². The molecular formula is C34H47N3O6. The normalized spacial score (nSPS) is 15.0. The molecule has 3 amide bonds. The lowest BCUT2D eigenvalue weighted by Crippen LogP contribution is -2.56. The zero-order valence-electron chi connectivity index (χ0n) is 26.8. The first-order valence-electron chi connectivity index (χ1n) is 15.0. The molecule has 2 aromatic rings. The van der Waals surface area contributed by atoms with Gasteiger partial charge in [-0.2, -0.15) is 0 Å². The Kier molecular flexibility index (Phi) is 11.0. The van der Waals surface area contributed by atoms with Gasteiger partial charge in [0.05, 0.1) is 0 Å². The summed E-state index contributed by atoms with van der Waals surface area (Å²) in [5.74, 6) is -1.46. The molecule has 2 N–H and O–H groups in total. The average Bonchev–Trinajstić information content (AvgIpc) is 2.83. The van der Waals surface area contributed by atoms with Crippen molar-refractivity contribution in [3.05, 3.63) is 70.8 Å². The van der Waals surface area contributed by atoms with Gasteiger partial charge >= 0.3 is 12.1 Å². The van der Waals surface area contributed by atoms with Gasteiger partial charge in [0, 0.05) is 12.5 Å². The van der Waals surface area contributed by atoms with Crippen LogP contribution in [-0.4, -0.2) is 58.6 Å². The van der Waals surface area contributed by atoms with Crippen molar-refractivity contribution in [2.75, 3.05) is 6.54 Å². The molecule has 3 rings (SSSR count). The molecule has 9 nitrogen and oxygen atoms in total. The van der Waals surface area contributed by atoms with Crippen LogP contribution in [0.2, 0.25) is 0 Å². The van der Waals surface area contributed by atoms with Gasteiger partial charge in [0.15, 0.2) is 0 Å². The number of ether oxygens (including phenoxy) is 2. The Labute approximate surface area is 255 Å². The summed E-state index contributed by atoms with van der Waals surface area (Å²) in [5, 5.41) is 5.49. The van der Waals surface area contributed by atoms with Gasteiger partial charge in [-0.05, 0) is 85.8 Å². The van der Waals surface area contributed by atoms with E-state index in [9.17, 15) is 19.2 Å². The summed E-state index contributed by atoms with van der Waals surface area (Å²) in [6.07, 6.45) is 1.88. The Morgan fingerprint density at radius 2 is 1.47 bits per heavy atom. The van der Waals surface area contributed by atoms with Gasteiger partial charge in [-0.15, -0.1) is 0 Å². The van der Waals surface area contributed by atoms with Crippen molar-refractivity contribution in [1.82, 2.24) is 15.5 Å². The number of esters is 1. The number of aryl methyl sites for hydroxylation is 2. The van der Waals surface area contributed by atoms with Crippen LogP contribution in [0, 0.1) is 13.8 Å². The number of carbonyl (C=O) groups is 4. The van der Waals surface area contributed by atoms with E-state index in [0.717, 1.165) is 36.0 Å². The largest absolute Gasteiger partial charge is 0.458 e. The van der Waals surface area contributed by atoms with Crippen LogP contribution in [0.3, 0.4) is 0 Å². The standard InChI is InChI=1S/C34H47N3O6/c1-22-17-23(2)19-25(18-22)29(37(26-15-12-16-26)28(38)21-35-32(41)43-34(6,7)8)30(39)36-27(31(40)42-33(3,4)5)20-24-13-10-9-11-14-24/h9-11,13-14,17-19,26-27,29H,12,15-16,20-21H2,1-8H3,(H,35,41)(H,36,39). The van der Waals surface area contributed by atoms with Crippen molar-refractivity contribution in [3.63, 3.8) is 0 Å². The zero-order valence-corrected chi connectivity index (χ0v) is 26.8. The molecule has 1 saturated carbocycles. The van der Waals surface area contributed by atoms with E-state index in [2.05, 4.69) is 10.6 Å². The third kappa shape index (κ3) is 10.4. The molecule has 2 unspecified atom stereocenters. The molecule has 234 valence electrons. The van der Waals surface area contributed by atoms with E-state index in [-0.39, 0.29) is 19.0 Å². The number of carbonyl (C=O) groups excluding carboxylic acids is 4. The predicted molar refractivity (Wildman–Crippen MR) is 165 cm³/mol. The lowest BCUT2D eigenvalue weighted by molar-refractivity contribution is -0.159. The van der Waals surface area contributed by atoms with E-state index in [1.165, 1.54) is 0 Å². The summed E-state index contributed by atoms with van der Waals surface area (Å²) < 4.78 is 11.0. The second-order valence-electron chi connectivity index (χ2n) is 13.3. The smallest absolute Gasteiger partial charge is 0.408 e. The van der Waals surface area contributed by atoms with Gasteiger partial charge in [-0.25, -0.2) is 9.59 Å². The number of amides is 3. The van der Waals surface area contributed by atoms with E-state index < -0.39 is 47.2 Å². The number of alkyl carbamates (subject to hydrolysis) is 1. The fraction of sp³-hybridized carbons (Fsp3) is 0.529. The van der Waals surface area contributed by atoms with E-state index in [4.69, 9.17) is 9.47 Å². The summed E-state index contributed by atoms with van der Waals surface area (Å²) in [5.41, 5.74) is 1.88. The second-order valence-corrected chi connectivity index (χ2v) is 13.3. The molecule has 2 atom stereocenters. The molecule has 0 bridgehead atoms.